The monoisotopic (exact) mass is 800 g/mol. The molecule has 158 valence electrons. The van der Waals surface area contributed by atoms with Crippen molar-refractivity contribution in [1.29, 1.82) is 0 Å². The largest absolute Gasteiger partial charge is 0.466 e. The second kappa shape index (κ2) is 16.3. The minimum atomic E-state index is -4.64. The summed E-state index contributed by atoms with van der Waals surface area (Å²) in [6.07, 6.45) is 0. The van der Waals surface area contributed by atoms with Crippen molar-refractivity contribution in [2.24, 2.45) is 0 Å². The van der Waals surface area contributed by atoms with Gasteiger partial charge in [-0.1, -0.05) is 114 Å². The summed E-state index contributed by atoms with van der Waals surface area (Å²) in [6.45, 7) is 0. The number of phosphoric acid groups is 1. The van der Waals surface area contributed by atoms with Crippen molar-refractivity contribution in [1.82, 2.24) is 0 Å². The molecule has 3 rings (SSSR count). The number of hydrogen-bond acceptors (Lipinski definition) is 1. The quantitative estimate of drug-likeness (QED) is 0.199. The van der Waals surface area contributed by atoms with Crippen molar-refractivity contribution >= 4 is 103 Å². The molecule has 0 amide bonds. The van der Waals surface area contributed by atoms with Crippen molar-refractivity contribution in [3.05, 3.63) is 99.6 Å². The van der Waals surface area contributed by atoms with Gasteiger partial charge in [-0.3, -0.25) is 0 Å². The maximum Gasteiger partial charge on any atom is 0.466 e. The van der Waals surface area contributed by atoms with Crippen LogP contribution in [-0.4, -0.2) is 14.7 Å². The summed E-state index contributed by atoms with van der Waals surface area (Å²) < 4.78 is 15.5. The van der Waals surface area contributed by atoms with E-state index in [4.69, 9.17) is 19.2 Å². The Hall–Kier alpha value is 0.650. The highest BCUT2D eigenvalue weighted by molar-refractivity contribution is 9.11. The van der Waals surface area contributed by atoms with E-state index in [-0.39, 0.29) is 0 Å². The second-order valence-electron chi connectivity index (χ2n) is 4.83. The first kappa shape index (κ1) is 29.7. The maximum atomic E-state index is 8.88. The van der Waals surface area contributed by atoms with Gasteiger partial charge in [-0.15, -0.1) is 0 Å². The molecule has 0 bridgehead atoms. The van der Waals surface area contributed by atoms with Gasteiger partial charge >= 0.3 is 7.82 Å². The van der Waals surface area contributed by atoms with Gasteiger partial charge in [0.15, 0.2) is 0 Å². The Morgan fingerprint density at radius 2 is 0.621 bits per heavy atom. The summed E-state index contributed by atoms with van der Waals surface area (Å²) in [4.78, 5) is 21.6. The van der Waals surface area contributed by atoms with Crippen LogP contribution in [0.2, 0.25) is 0 Å². The van der Waals surface area contributed by atoms with Gasteiger partial charge in [0.25, 0.3) is 0 Å². The molecule has 3 aromatic carbocycles. The van der Waals surface area contributed by atoms with E-state index in [2.05, 4.69) is 95.6 Å². The van der Waals surface area contributed by atoms with E-state index in [1.807, 2.05) is 72.8 Å². The third kappa shape index (κ3) is 21.7. The van der Waals surface area contributed by atoms with Crippen LogP contribution in [0, 0.1) is 0 Å². The Labute approximate surface area is 220 Å². The van der Waals surface area contributed by atoms with Crippen molar-refractivity contribution in [2.75, 3.05) is 0 Å². The van der Waals surface area contributed by atoms with Gasteiger partial charge in [0.1, 0.15) is 0 Å². The molecule has 0 saturated carbocycles. The zero-order chi connectivity index (χ0) is 22.4. The van der Waals surface area contributed by atoms with Crippen LogP contribution in [0.25, 0.3) is 0 Å². The van der Waals surface area contributed by atoms with E-state index in [1.165, 1.54) is 0 Å². The van der Waals surface area contributed by atoms with E-state index in [1.54, 1.807) is 0 Å². The Kier molecular flexibility index (Phi) is 16.7. The molecular formula is C18H15Br6O4P. The predicted octanol–water partition coefficient (Wildman–Crippen LogP) is 8.71. The van der Waals surface area contributed by atoms with Gasteiger partial charge in [0.2, 0.25) is 0 Å². The highest BCUT2D eigenvalue weighted by Crippen LogP contribution is 2.25. The van der Waals surface area contributed by atoms with Crippen molar-refractivity contribution in [3.63, 3.8) is 0 Å². The molecule has 0 fully saturated rings. The minimum Gasteiger partial charge on any atom is -0.303 e. The van der Waals surface area contributed by atoms with Crippen molar-refractivity contribution in [2.45, 2.75) is 0 Å². The van der Waals surface area contributed by atoms with Crippen LogP contribution >= 0.6 is 103 Å². The van der Waals surface area contributed by atoms with Crippen LogP contribution in [0.3, 0.4) is 0 Å². The topological polar surface area (TPSA) is 77.8 Å². The standard InChI is InChI=1S/3C6H4Br2.H3O4P/c3*7-5-2-1-3-6(8)4-5;1-5(2,3)4/h3*1-4H;(H3,1,2,3,4). The minimum absolute atomic E-state index is 1.10. The van der Waals surface area contributed by atoms with Gasteiger partial charge in [-0.2, -0.15) is 0 Å². The summed E-state index contributed by atoms with van der Waals surface area (Å²) in [7, 11) is -4.64. The summed E-state index contributed by atoms with van der Waals surface area (Å²) >= 11 is 20.0. The highest BCUT2D eigenvalue weighted by Gasteiger charge is 2.00. The molecule has 3 aromatic rings. The average Bonchev–Trinajstić information content (AvgIpc) is 2.53. The zero-order valence-corrected chi connectivity index (χ0v) is 24.8. The van der Waals surface area contributed by atoms with Gasteiger partial charge in [-0.05, 0) is 54.6 Å². The fraction of sp³-hybridized carbons (Fsp3) is 0. The molecule has 0 aliphatic rings. The van der Waals surface area contributed by atoms with Crippen molar-refractivity contribution in [3.8, 4) is 0 Å². The highest BCUT2D eigenvalue weighted by atomic mass is 79.9. The molecule has 29 heavy (non-hydrogen) atoms. The summed E-state index contributed by atoms with van der Waals surface area (Å²) in [6, 6.07) is 23.9. The lowest BCUT2D eigenvalue weighted by Crippen LogP contribution is -1.66. The summed E-state index contributed by atoms with van der Waals surface area (Å²) in [5.74, 6) is 0. The number of halogens is 6. The number of benzene rings is 3. The number of rotatable bonds is 0. The van der Waals surface area contributed by atoms with Crippen LogP contribution in [-0.2, 0) is 4.57 Å². The smallest absolute Gasteiger partial charge is 0.303 e. The molecule has 0 spiro atoms. The van der Waals surface area contributed by atoms with E-state index in [0.717, 1.165) is 26.8 Å². The zero-order valence-electron chi connectivity index (χ0n) is 14.4. The molecule has 0 aromatic heterocycles. The van der Waals surface area contributed by atoms with Gasteiger partial charge in [-0.25, -0.2) is 4.57 Å². The van der Waals surface area contributed by atoms with Crippen LogP contribution in [0.5, 0.6) is 0 Å². The predicted molar refractivity (Wildman–Crippen MR) is 140 cm³/mol. The van der Waals surface area contributed by atoms with Crippen LogP contribution in [0.4, 0.5) is 0 Å². The molecule has 11 heteroatoms. The fourth-order valence-electron chi connectivity index (χ4n) is 1.38. The fourth-order valence-corrected chi connectivity index (χ4v) is 4.70. The lowest BCUT2D eigenvalue weighted by atomic mass is 10.4. The first-order valence-corrected chi connectivity index (χ1v) is 13.7. The van der Waals surface area contributed by atoms with E-state index in [0.29, 0.717) is 0 Å². The Bertz CT molecular complexity index is 757. The maximum absolute atomic E-state index is 8.88. The van der Waals surface area contributed by atoms with E-state index in [9.17, 15) is 0 Å². The second-order valence-corrected chi connectivity index (χ2v) is 11.4. The Balaban J connectivity index is 0.000000367. The molecule has 0 aliphatic carbocycles. The molecule has 3 N–H and O–H groups in total. The first-order valence-electron chi connectivity index (χ1n) is 7.38. The molecular weight excluding hydrogens is 791 g/mol. The van der Waals surface area contributed by atoms with Crippen LogP contribution < -0.4 is 0 Å². The third-order valence-corrected chi connectivity index (χ3v) is 5.32. The molecule has 0 aliphatic heterocycles. The molecule has 0 unspecified atom stereocenters. The summed E-state index contributed by atoms with van der Waals surface area (Å²) in [5, 5.41) is 0. The molecule has 0 atom stereocenters. The Morgan fingerprint density at radius 1 is 0.483 bits per heavy atom. The van der Waals surface area contributed by atoms with Crippen LogP contribution in [0.15, 0.2) is 99.6 Å². The van der Waals surface area contributed by atoms with E-state index < -0.39 is 7.82 Å². The molecule has 0 saturated heterocycles. The van der Waals surface area contributed by atoms with Gasteiger partial charge in [0, 0.05) is 26.8 Å². The van der Waals surface area contributed by atoms with E-state index >= 15 is 0 Å². The Morgan fingerprint density at radius 3 is 0.690 bits per heavy atom. The third-order valence-electron chi connectivity index (χ3n) is 2.36. The normalized spacial score (nSPS) is 9.69. The molecule has 0 radical (unpaired) electrons. The molecule has 0 heterocycles. The van der Waals surface area contributed by atoms with Crippen molar-refractivity contribution < 1.29 is 19.2 Å². The van der Waals surface area contributed by atoms with Gasteiger partial charge < -0.3 is 14.7 Å². The van der Waals surface area contributed by atoms with Gasteiger partial charge in [0.05, 0.1) is 0 Å². The lowest BCUT2D eigenvalue weighted by molar-refractivity contribution is 0.275. The molecule has 4 nitrogen and oxygen atoms in total. The number of hydrogen-bond donors (Lipinski definition) is 3. The SMILES string of the molecule is Brc1cccc(Br)c1.Brc1cccc(Br)c1.Brc1cccc(Br)c1.O=P(O)(O)O. The first-order chi connectivity index (χ1) is 13.4. The lowest BCUT2D eigenvalue weighted by Gasteiger charge is -1.87. The average molecular weight is 806 g/mol. The van der Waals surface area contributed by atoms with Crippen LogP contribution in [0.1, 0.15) is 0 Å². The summed E-state index contributed by atoms with van der Waals surface area (Å²) in [5.41, 5.74) is 0.